The zero-order chi connectivity index (χ0) is 14.7. The standard InChI is InChI=1S/C18H27N3/c1-3-21-18-12-8-7-11-16(18)17(20-21)13-19-14(2)15-9-5-4-6-10-15/h7-8,11-12,14-15,19H,3-6,9-10,13H2,1-2H3. The van der Waals surface area contributed by atoms with Crippen molar-refractivity contribution in [3.63, 3.8) is 0 Å². The summed E-state index contributed by atoms with van der Waals surface area (Å²) in [4.78, 5) is 0. The number of nitrogens with zero attached hydrogens (tertiary/aromatic N) is 2. The number of rotatable bonds is 5. The maximum atomic E-state index is 4.78. The summed E-state index contributed by atoms with van der Waals surface area (Å²) in [6.07, 6.45) is 7.01. The van der Waals surface area contributed by atoms with Gasteiger partial charge in [0, 0.05) is 24.5 Å². The molecule has 1 aliphatic carbocycles. The summed E-state index contributed by atoms with van der Waals surface area (Å²) in [5, 5.41) is 9.80. The predicted octanol–water partition coefficient (Wildman–Crippen LogP) is 4.11. The lowest BCUT2D eigenvalue weighted by Gasteiger charge is -2.28. The highest BCUT2D eigenvalue weighted by Crippen LogP contribution is 2.26. The molecule has 0 amide bonds. The van der Waals surface area contributed by atoms with Gasteiger partial charge in [0.2, 0.25) is 0 Å². The molecule has 0 radical (unpaired) electrons. The molecule has 1 fully saturated rings. The van der Waals surface area contributed by atoms with Crippen molar-refractivity contribution in [2.45, 2.75) is 65.1 Å². The lowest BCUT2D eigenvalue weighted by atomic mass is 9.84. The monoisotopic (exact) mass is 285 g/mol. The molecule has 2 aromatic rings. The Balaban J connectivity index is 1.70. The van der Waals surface area contributed by atoms with Gasteiger partial charge in [0.1, 0.15) is 0 Å². The second-order valence-electron chi connectivity index (χ2n) is 6.35. The quantitative estimate of drug-likeness (QED) is 0.895. The van der Waals surface area contributed by atoms with E-state index in [1.54, 1.807) is 0 Å². The Hall–Kier alpha value is -1.35. The molecule has 1 aromatic heterocycles. The minimum atomic E-state index is 0.593. The Morgan fingerprint density at radius 1 is 1.24 bits per heavy atom. The molecule has 1 N–H and O–H groups in total. The highest BCUT2D eigenvalue weighted by molar-refractivity contribution is 5.81. The molecule has 1 unspecified atom stereocenters. The SMILES string of the molecule is CCn1nc(CNC(C)C2CCCCC2)c2ccccc21. The fraction of sp³-hybridized carbons (Fsp3) is 0.611. The maximum absolute atomic E-state index is 4.78. The Morgan fingerprint density at radius 3 is 2.76 bits per heavy atom. The largest absolute Gasteiger partial charge is 0.308 e. The number of hydrogen-bond donors (Lipinski definition) is 1. The molecular formula is C18H27N3. The van der Waals surface area contributed by atoms with E-state index in [1.165, 1.54) is 48.7 Å². The Bertz CT molecular complexity index is 581. The molecule has 3 heteroatoms. The molecule has 1 saturated carbocycles. The van der Waals surface area contributed by atoms with Gasteiger partial charge in [-0.15, -0.1) is 0 Å². The summed E-state index contributed by atoms with van der Waals surface area (Å²) < 4.78 is 2.11. The van der Waals surface area contributed by atoms with Crippen LogP contribution >= 0.6 is 0 Å². The van der Waals surface area contributed by atoms with E-state index in [4.69, 9.17) is 5.10 Å². The highest BCUT2D eigenvalue weighted by atomic mass is 15.3. The molecule has 0 aliphatic heterocycles. The number of nitrogens with one attached hydrogen (secondary N) is 1. The van der Waals surface area contributed by atoms with E-state index in [0.29, 0.717) is 6.04 Å². The van der Waals surface area contributed by atoms with Gasteiger partial charge in [-0.2, -0.15) is 5.10 Å². The Labute approximate surface area is 127 Å². The summed E-state index contributed by atoms with van der Waals surface area (Å²) in [6, 6.07) is 9.16. The second-order valence-corrected chi connectivity index (χ2v) is 6.35. The first-order valence-electron chi connectivity index (χ1n) is 8.47. The Morgan fingerprint density at radius 2 is 2.00 bits per heavy atom. The lowest BCUT2D eigenvalue weighted by Crippen LogP contribution is -2.34. The van der Waals surface area contributed by atoms with Crippen molar-refractivity contribution >= 4 is 10.9 Å². The van der Waals surface area contributed by atoms with Crippen molar-refractivity contribution in [1.82, 2.24) is 15.1 Å². The average molecular weight is 285 g/mol. The minimum absolute atomic E-state index is 0.593. The predicted molar refractivity (Wildman–Crippen MR) is 88.3 cm³/mol. The van der Waals surface area contributed by atoms with Gasteiger partial charge >= 0.3 is 0 Å². The van der Waals surface area contributed by atoms with Crippen LogP contribution in [0, 0.1) is 5.92 Å². The summed E-state index contributed by atoms with van der Waals surface area (Å²) in [5.74, 6) is 0.846. The molecule has 3 rings (SSSR count). The van der Waals surface area contributed by atoms with Crippen LogP contribution in [0.5, 0.6) is 0 Å². The second kappa shape index (κ2) is 6.61. The van der Waals surface area contributed by atoms with Crippen LogP contribution in [0.15, 0.2) is 24.3 Å². The molecule has 0 saturated heterocycles. The number of aryl methyl sites for hydroxylation is 1. The van der Waals surface area contributed by atoms with E-state index in [-0.39, 0.29) is 0 Å². The number of benzene rings is 1. The third kappa shape index (κ3) is 3.13. The van der Waals surface area contributed by atoms with Gasteiger partial charge in [-0.1, -0.05) is 37.5 Å². The van der Waals surface area contributed by atoms with Gasteiger partial charge in [-0.05, 0) is 38.7 Å². The average Bonchev–Trinajstić information content (AvgIpc) is 2.91. The van der Waals surface area contributed by atoms with Crippen molar-refractivity contribution in [1.29, 1.82) is 0 Å². The van der Waals surface area contributed by atoms with Gasteiger partial charge < -0.3 is 5.32 Å². The van der Waals surface area contributed by atoms with Gasteiger partial charge in [-0.25, -0.2) is 0 Å². The van der Waals surface area contributed by atoms with Gasteiger partial charge in [-0.3, -0.25) is 4.68 Å². The first kappa shape index (κ1) is 14.6. The van der Waals surface area contributed by atoms with Gasteiger partial charge in [0.15, 0.2) is 0 Å². The van der Waals surface area contributed by atoms with Crippen LogP contribution in [0.4, 0.5) is 0 Å². The molecule has 3 nitrogen and oxygen atoms in total. The minimum Gasteiger partial charge on any atom is -0.308 e. The van der Waals surface area contributed by atoms with E-state index in [9.17, 15) is 0 Å². The molecule has 0 bridgehead atoms. The molecular weight excluding hydrogens is 258 g/mol. The lowest BCUT2D eigenvalue weighted by molar-refractivity contribution is 0.280. The van der Waals surface area contributed by atoms with Crippen LogP contribution < -0.4 is 5.32 Å². The molecule has 1 aliphatic rings. The van der Waals surface area contributed by atoms with Crippen LogP contribution in [-0.2, 0) is 13.1 Å². The van der Waals surface area contributed by atoms with E-state index in [0.717, 1.165) is 19.0 Å². The molecule has 1 aromatic carbocycles. The molecule has 114 valence electrons. The van der Waals surface area contributed by atoms with Gasteiger partial charge in [0.05, 0.1) is 11.2 Å². The fourth-order valence-corrected chi connectivity index (χ4v) is 3.63. The maximum Gasteiger partial charge on any atom is 0.0841 e. The zero-order valence-electron chi connectivity index (χ0n) is 13.3. The highest BCUT2D eigenvalue weighted by Gasteiger charge is 2.20. The van der Waals surface area contributed by atoms with E-state index in [2.05, 4.69) is 48.1 Å². The van der Waals surface area contributed by atoms with Crippen molar-refractivity contribution in [2.24, 2.45) is 5.92 Å². The fourth-order valence-electron chi connectivity index (χ4n) is 3.63. The third-order valence-corrected chi connectivity index (χ3v) is 4.98. The number of aromatic nitrogens is 2. The smallest absolute Gasteiger partial charge is 0.0841 e. The first-order valence-corrected chi connectivity index (χ1v) is 8.47. The topological polar surface area (TPSA) is 29.9 Å². The van der Waals surface area contributed by atoms with Crippen LogP contribution in [0.3, 0.4) is 0 Å². The summed E-state index contributed by atoms with van der Waals surface area (Å²) >= 11 is 0. The number of hydrogen-bond acceptors (Lipinski definition) is 2. The number of fused-ring (bicyclic) bond motifs is 1. The van der Waals surface area contributed by atoms with Crippen molar-refractivity contribution in [2.75, 3.05) is 0 Å². The van der Waals surface area contributed by atoms with Crippen LogP contribution in [-0.4, -0.2) is 15.8 Å². The van der Waals surface area contributed by atoms with E-state index < -0.39 is 0 Å². The van der Waals surface area contributed by atoms with E-state index >= 15 is 0 Å². The zero-order valence-corrected chi connectivity index (χ0v) is 13.3. The van der Waals surface area contributed by atoms with Crippen LogP contribution in [0.25, 0.3) is 10.9 Å². The van der Waals surface area contributed by atoms with Crippen molar-refractivity contribution < 1.29 is 0 Å². The normalized spacial score (nSPS) is 18.2. The molecule has 21 heavy (non-hydrogen) atoms. The third-order valence-electron chi connectivity index (χ3n) is 4.98. The van der Waals surface area contributed by atoms with Crippen LogP contribution in [0.1, 0.15) is 51.6 Å². The van der Waals surface area contributed by atoms with Crippen molar-refractivity contribution in [3.8, 4) is 0 Å². The summed E-state index contributed by atoms with van der Waals surface area (Å²) in [7, 11) is 0. The molecule has 1 atom stereocenters. The first-order chi connectivity index (χ1) is 10.3. The van der Waals surface area contributed by atoms with Crippen molar-refractivity contribution in [3.05, 3.63) is 30.0 Å². The number of para-hydroxylation sites is 1. The van der Waals surface area contributed by atoms with E-state index in [1.807, 2.05) is 0 Å². The Kier molecular flexibility index (Phi) is 4.59. The van der Waals surface area contributed by atoms with Crippen LogP contribution in [0.2, 0.25) is 0 Å². The van der Waals surface area contributed by atoms with Gasteiger partial charge in [0.25, 0.3) is 0 Å². The molecule has 0 spiro atoms. The molecule has 1 heterocycles. The summed E-state index contributed by atoms with van der Waals surface area (Å²) in [5.41, 5.74) is 2.44. The summed E-state index contributed by atoms with van der Waals surface area (Å²) in [6.45, 7) is 6.31.